The number of carbonyl (C=O) groups excluding carboxylic acids is 1. The number of amides is 1. The Balaban J connectivity index is 2.04. The first-order chi connectivity index (χ1) is 8.15. The molecule has 0 aliphatic carbocycles. The lowest BCUT2D eigenvalue weighted by Crippen LogP contribution is -2.49. The van der Waals surface area contributed by atoms with Crippen molar-refractivity contribution in [2.45, 2.75) is 49.9 Å². The molecule has 0 saturated carbocycles. The summed E-state index contributed by atoms with van der Waals surface area (Å²) in [5.74, 6) is 0.347. The van der Waals surface area contributed by atoms with Crippen molar-refractivity contribution in [1.82, 2.24) is 9.80 Å². The number of hydrogen-bond donors (Lipinski definition) is 0. The van der Waals surface area contributed by atoms with E-state index in [4.69, 9.17) is 0 Å². The van der Waals surface area contributed by atoms with Crippen molar-refractivity contribution >= 4 is 17.7 Å². The highest BCUT2D eigenvalue weighted by Gasteiger charge is 2.39. The van der Waals surface area contributed by atoms with Crippen LogP contribution in [0, 0.1) is 0 Å². The molecule has 2 aliphatic rings. The van der Waals surface area contributed by atoms with Crippen molar-refractivity contribution in [1.29, 1.82) is 0 Å². The van der Waals surface area contributed by atoms with E-state index in [1.54, 1.807) is 11.8 Å². The SMILES string of the molecule is CSC(C)C(=O)N1CCCC1C1CCCN1C. The molecule has 1 amide bonds. The smallest absolute Gasteiger partial charge is 0.235 e. The number of thioether (sulfide) groups is 1. The van der Waals surface area contributed by atoms with Crippen LogP contribution in [0.15, 0.2) is 0 Å². The molecule has 0 bridgehead atoms. The summed E-state index contributed by atoms with van der Waals surface area (Å²) in [4.78, 5) is 16.9. The van der Waals surface area contributed by atoms with Gasteiger partial charge in [0.1, 0.15) is 0 Å². The Morgan fingerprint density at radius 3 is 2.47 bits per heavy atom. The fraction of sp³-hybridized carbons (Fsp3) is 0.923. The van der Waals surface area contributed by atoms with Gasteiger partial charge in [0.2, 0.25) is 5.91 Å². The quantitative estimate of drug-likeness (QED) is 0.769. The highest BCUT2D eigenvalue weighted by Crippen LogP contribution is 2.30. The van der Waals surface area contributed by atoms with E-state index in [0.29, 0.717) is 18.0 Å². The van der Waals surface area contributed by atoms with Gasteiger partial charge in [0.05, 0.1) is 5.25 Å². The summed E-state index contributed by atoms with van der Waals surface area (Å²) in [5.41, 5.74) is 0. The Labute approximate surface area is 109 Å². The zero-order chi connectivity index (χ0) is 12.4. The van der Waals surface area contributed by atoms with Gasteiger partial charge in [0.25, 0.3) is 0 Å². The molecule has 4 heteroatoms. The summed E-state index contributed by atoms with van der Waals surface area (Å²) in [7, 11) is 2.21. The van der Waals surface area contributed by atoms with Gasteiger partial charge in [-0.2, -0.15) is 11.8 Å². The first-order valence-electron chi connectivity index (χ1n) is 6.68. The molecular weight excluding hydrogens is 232 g/mol. The maximum atomic E-state index is 12.3. The van der Waals surface area contributed by atoms with Gasteiger partial charge < -0.3 is 9.80 Å². The topological polar surface area (TPSA) is 23.6 Å². The minimum atomic E-state index is 0.113. The van der Waals surface area contributed by atoms with E-state index in [1.807, 2.05) is 13.2 Å². The monoisotopic (exact) mass is 256 g/mol. The van der Waals surface area contributed by atoms with Crippen LogP contribution in [0.25, 0.3) is 0 Å². The van der Waals surface area contributed by atoms with Gasteiger partial charge in [-0.1, -0.05) is 0 Å². The first-order valence-corrected chi connectivity index (χ1v) is 7.97. The number of nitrogens with zero attached hydrogens (tertiary/aromatic N) is 2. The Morgan fingerprint density at radius 2 is 1.88 bits per heavy atom. The summed E-state index contributed by atoms with van der Waals surface area (Å²) in [6.45, 7) is 4.20. The summed E-state index contributed by atoms with van der Waals surface area (Å²) in [5, 5.41) is 0.113. The van der Waals surface area contributed by atoms with Crippen LogP contribution in [0.5, 0.6) is 0 Å². The van der Waals surface area contributed by atoms with Gasteiger partial charge in [-0.3, -0.25) is 4.79 Å². The zero-order valence-electron chi connectivity index (χ0n) is 11.2. The standard InChI is InChI=1S/C13H24N2OS/c1-10(17-3)13(16)15-9-5-7-12(15)11-6-4-8-14(11)2/h10-12H,4-9H2,1-3H3. The predicted octanol–water partition coefficient (Wildman–Crippen LogP) is 1.82. The normalized spacial score (nSPS) is 32.1. The fourth-order valence-electron chi connectivity index (χ4n) is 3.22. The highest BCUT2D eigenvalue weighted by atomic mass is 32.2. The molecule has 0 N–H and O–H groups in total. The van der Waals surface area contributed by atoms with Gasteiger partial charge in [-0.25, -0.2) is 0 Å². The van der Waals surface area contributed by atoms with E-state index in [0.717, 1.165) is 6.54 Å². The van der Waals surface area contributed by atoms with E-state index in [2.05, 4.69) is 16.8 Å². The molecular formula is C13H24N2OS. The maximum Gasteiger partial charge on any atom is 0.235 e. The molecule has 0 aromatic rings. The third kappa shape index (κ3) is 2.63. The lowest BCUT2D eigenvalue weighted by molar-refractivity contribution is -0.132. The molecule has 17 heavy (non-hydrogen) atoms. The minimum Gasteiger partial charge on any atom is -0.337 e. The van der Waals surface area contributed by atoms with Crippen molar-refractivity contribution in [3.8, 4) is 0 Å². The minimum absolute atomic E-state index is 0.113. The second-order valence-corrected chi connectivity index (χ2v) is 6.49. The molecule has 0 aromatic heterocycles. The number of likely N-dealkylation sites (tertiary alicyclic amines) is 2. The van der Waals surface area contributed by atoms with Crippen molar-refractivity contribution in [3.63, 3.8) is 0 Å². The van der Waals surface area contributed by atoms with Crippen molar-refractivity contribution in [2.75, 3.05) is 26.4 Å². The molecule has 3 atom stereocenters. The molecule has 2 saturated heterocycles. The average molecular weight is 256 g/mol. The van der Waals surface area contributed by atoms with Crippen LogP contribution < -0.4 is 0 Å². The van der Waals surface area contributed by atoms with E-state index >= 15 is 0 Å². The molecule has 3 nitrogen and oxygen atoms in total. The Kier molecular flexibility index (Phi) is 4.36. The van der Waals surface area contributed by atoms with Gasteiger partial charge in [0.15, 0.2) is 0 Å². The molecule has 2 fully saturated rings. The summed E-state index contributed by atoms with van der Waals surface area (Å²) in [6.07, 6.45) is 6.95. The number of carbonyl (C=O) groups is 1. The van der Waals surface area contributed by atoms with E-state index in [-0.39, 0.29) is 5.25 Å². The second-order valence-electron chi connectivity index (χ2n) is 5.31. The molecule has 98 valence electrons. The Morgan fingerprint density at radius 1 is 1.24 bits per heavy atom. The van der Waals surface area contributed by atoms with Crippen LogP contribution in [-0.4, -0.2) is 59.4 Å². The zero-order valence-corrected chi connectivity index (χ0v) is 12.0. The molecule has 2 rings (SSSR count). The van der Waals surface area contributed by atoms with Crippen LogP contribution in [-0.2, 0) is 4.79 Å². The third-order valence-electron chi connectivity index (χ3n) is 4.30. The van der Waals surface area contributed by atoms with Crippen molar-refractivity contribution in [3.05, 3.63) is 0 Å². The molecule has 2 heterocycles. The van der Waals surface area contributed by atoms with Crippen LogP contribution in [0.4, 0.5) is 0 Å². The van der Waals surface area contributed by atoms with Crippen LogP contribution in [0.3, 0.4) is 0 Å². The maximum absolute atomic E-state index is 12.3. The molecule has 2 aliphatic heterocycles. The van der Waals surface area contributed by atoms with Crippen molar-refractivity contribution in [2.24, 2.45) is 0 Å². The third-order valence-corrected chi connectivity index (χ3v) is 5.21. The Hall–Kier alpha value is -0.220. The van der Waals surface area contributed by atoms with Gasteiger partial charge in [-0.05, 0) is 52.5 Å². The summed E-state index contributed by atoms with van der Waals surface area (Å²) < 4.78 is 0. The lowest BCUT2D eigenvalue weighted by atomic mass is 10.0. The van der Waals surface area contributed by atoms with E-state index in [9.17, 15) is 4.79 Å². The Bertz CT molecular complexity index is 285. The van der Waals surface area contributed by atoms with E-state index < -0.39 is 0 Å². The number of likely N-dealkylation sites (N-methyl/N-ethyl adjacent to an activating group) is 1. The number of rotatable bonds is 3. The van der Waals surface area contributed by atoms with Crippen LogP contribution >= 0.6 is 11.8 Å². The van der Waals surface area contributed by atoms with Gasteiger partial charge in [0, 0.05) is 18.6 Å². The fourth-order valence-corrected chi connectivity index (χ4v) is 3.56. The lowest BCUT2D eigenvalue weighted by Gasteiger charge is -2.34. The molecule has 3 unspecified atom stereocenters. The molecule has 0 aromatic carbocycles. The van der Waals surface area contributed by atoms with Crippen LogP contribution in [0.2, 0.25) is 0 Å². The highest BCUT2D eigenvalue weighted by molar-refractivity contribution is 7.99. The average Bonchev–Trinajstić information content (AvgIpc) is 2.94. The first kappa shape index (κ1) is 13.2. The van der Waals surface area contributed by atoms with Crippen molar-refractivity contribution < 1.29 is 4.79 Å². The van der Waals surface area contributed by atoms with Gasteiger partial charge in [-0.15, -0.1) is 0 Å². The number of hydrogen-bond acceptors (Lipinski definition) is 3. The predicted molar refractivity (Wildman–Crippen MR) is 73.4 cm³/mol. The summed E-state index contributed by atoms with van der Waals surface area (Å²) in [6, 6.07) is 1.08. The van der Waals surface area contributed by atoms with E-state index in [1.165, 1.54) is 32.2 Å². The molecule has 0 radical (unpaired) electrons. The van der Waals surface area contributed by atoms with Gasteiger partial charge >= 0.3 is 0 Å². The van der Waals surface area contributed by atoms with Crippen LogP contribution in [0.1, 0.15) is 32.6 Å². The largest absolute Gasteiger partial charge is 0.337 e. The molecule has 0 spiro atoms. The second kappa shape index (κ2) is 5.61. The summed E-state index contributed by atoms with van der Waals surface area (Å²) >= 11 is 1.66.